The minimum absolute atomic E-state index is 0.180. The Morgan fingerprint density at radius 3 is 0.899 bits per heavy atom. The van der Waals surface area contributed by atoms with E-state index in [1.165, 1.54) is 109 Å². The van der Waals surface area contributed by atoms with Gasteiger partial charge in [-0.2, -0.15) is 0 Å². The van der Waals surface area contributed by atoms with Crippen molar-refractivity contribution in [2.75, 3.05) is 47.5 Å². The van der Waals surface area contributed by atoms with Crippen LogP contribution in [0.4, 0.5) is 0 Å². The van der Waals surface area contributed by atoms with Crippen molar-refractivity contribution in [2.45, 2.75) is 283 Å². The number of carboxylic acid groups (broad SMARTS) is 1. The number of esters is 2. The average molecular weight is 1240 g/mol. The highest BCUT2D eigenvalue weighted by molar-refractivity contribution is 5.71. The maximum absolute atomic E-state index is 13.0. The highest BCUT2D eigenvalue weighted by Crippen LogP contribution is 2.16. The molecule has 0 radical (unpaired) electrons. The summed E-state index contributed by atoms with van der Waals surface area (Å²) < 4.78 is 23.0. The zero-order valence-corrected chi connectivity index (χ0v) is 57.5. The molecular formula is C80H132NO8+. The SMILES string of the molecule is CC/C=C\C/C=C\C/C=C\C/C=C\C/C=C\C/C=C\C/C=C\CCCCCCCCCCCCCCCC(=O)OC(COC(=O)CCCCCCCCCCCC/C=C\C/C=C\C/C=C\C/C=C\C/C=C\C/C=C\CC)COC(OCC[N+](C)(C)C)C(=O)O. The number of quaternary nitrogens is 1. The van der Waals surface area contributed by atoms with E-state index in [1.54, 1.807) is 0 Å². The smallest absolute Gasteiger partial charge is 0.361 e. The first-order valence-corrected chi connectivity index (χ1v) is 35.6. The molecule has 0 aromatic carbocycles. The van der Waals surface area contributed by atoms with E-state index in [0.29, 0.717) is 17.4 Å². The molecule has 1 N–H and O–H groups in total. The summed E-state index contributed by atoms with van der Waals surface area (Å²) in [6, 6.07) is 0. The molecule has 9 heteroatoms. The maximum Gasteiger partial charge on any atom is 0.361 e. The fourth-order valence-electron chi connectivity index (χ4n) is 9.41. The van der Waals surface area contributed by atoms with Crippen LogP contribution in [0.5, 0.6) is 0 Å². The molecule has 0 rings (SSSR count). The van der Waals surface area contributed by atoms with Crippen LogP contribution in [-0.2, 0) is 33.3 Å². The summed E-state index contributed by atoms with van der Waals surface area (Å²) >= 11 is 0. The Morgan fingerprint density at radius 2 is 0.607 bits per heavy atom. The van der Waals surface area contributed by atoms with Gasteiger partial charge in [0.05, 0.1) is 34.4 Å². The molecule has 0 aliphatic heterocycles. The molecule has 89 heavy (non-hydrogen) atoms. The number of unbranched alkanes of at least 4 members (excludes halogenated alkanes) is 23. The largest absolute Gasteiger partial charge is 0.477 e. The lowest BCUT2D eigenvalue weighted by Gasteiger charge is -2.25. The lowest BCUT2D eigenvalue weighted by Crippen LogP contribution is -2.40. The van der Waals surface area contributed by atoms with Gasteiger partial charge in [0.2, 0.25) is 0 Å². The Bertz CT molecular complexity index is 2020. The molecule has 2 unspecified atom stereocenters. The first-order chi connectivity index (χ1) is 43.6. The van der Waals surface area contributed by atoms with Crippen LogP contribution >= 0.6 is 0 Å². The number of carbonyl (C=O) groups excluding carboxylic acids is 2. The molecule has 0 aromatic heterocycles. The molecule has 0 heterocycles. The van der Waals surface area contributed by atoms with Gasteiger partial charge in [-0.25, -0.2) is 4.79 Å². The summed E-state index contributed by atoms with van der Waals surface area (Å²) in [5.74, 6) is -2.02. The van der Waals surface area contributed by atoms with Gasteiger partial charge in [-0.05, 0) is 122 Å². The van der Waals surface area contributed by atoms with Gasteiger partial charge in [-0.1, -0.05) is 294 Å². The van der Waals surface area contributed by atoms with E-state index in [-0.39, 0.29) is 38.6 Å². The molecule has 0 aromatic rings. The van der Waals surface area contributed by atoms with Crippen molar-refractivity contribution < 1.29 is 42.9 Å². The second kappa shape index (κ2) is 68.8. The summed E-state index contributed by atoms with van der Waals surface area (Å²) in [7, 11) is 5.97. The van der Waals surface area contributed by atoms with Crippen molar-refractivity contribution in [1.29, 1.82) is 0 Å². The number of nitrogens with zero attached hydrogens (tertiary/aromatic N) is 1. The Kier molecular flexibility index (Phi) is 64.9. The van der Waals surface area contributed by atoms with E-state index < -0.39 is 24.3 Å². The fourth-order valence-corrected chi connectivity index (χ4v) is 9.41. The molecule has 0 aliphatic rings. The zero-order chi connectivity index (χ0) is 64.7. The number of hydrogen-bond acceptors (Lipinski definition) is 7. The van der Waals surface area contributed by atoms with Gasteiger partial charge in [-0.15, -0.1) is 0 Å². The summed E-state index contributed by atoms with van der Waals surface area (Å²) in [4.78, 5) is 37.7. The standard InChI is InChI=1S/C80H131NO8/c1-6-8-10-12-14-16-18-20-22-24-26-28-30-32-34-36-37-38-39-40-41-43-45-47-49-51-53-55-57-59-61-63-65-67-69-71-78(83)89-76(75-88-80(79(84)85)86-73-72-81(3,4)5)74-87-77(82)70-68-66-64-62-60-58-56-54-52-50-48-46-44-42-35-33-31-29-27-25-23-21-19-17-15-13-11-9-7-2/h8-11,14-17,20-23,26-29,32-35,37-38,40-41,44,46,76,80H,6-7,12-13,18-19,24-25,30-31,36,39,42-43,45,47-75H2,1-5H3/p+1/b10-8-,11-9-,16-14-,17-15-,22-20-,23-21-,28-26-,29-27-,34-32-,35-33-,38-37-,41-40-,46-44-. The number of likely N-dealkylation sites (N-methyl/N-ethyl adjacent to an activating group) is 1. The monoisotopic (exact) mass is 1230 g/mol. The van der Waals surface area contributed by atoms with E-state index in [4.69, 9.17) is 18.9 Å². The topological polar surface area (TPSA) is 108 Å². The third kappa shape index (κ3) is 70.2. The number of allylic oxidation sites excluding steroid dienone is 26. The fraction of sp³-hybridized carbons (Fsp3) is 0.637. The van der Waals surface area contributed by atoms with Gasteiger partial charge in [0, 0.05) is 12.8 Å². The molecule has 0 saturated carbocycles. The summed E-state index contributed by atoms with van der Waals surface area (Å²) in [6.45, 7) is 4.64. The van der Waals surface area contributed by atoms with Gasteiger partial charge < -0.3 is 28.5 Å². The number of carboxylic acids is 1. The lowest BCUT2D eigenvalue weighted by molar-refractivity contribution is -0.870. The predicted molar refractivity (Wildman–Crippen MR) is 382 cm³/mol. The Labute approximate surface area is 546 Å². The normalized spacial score (nSPS) is 13.7. The van der Waals surface area contributed by atoms with Crippen LogP contribution in [0.25, 0.3) is 0 Å². The lowest BCUT2D eigenvalue weighted by atomic mass is 10.0. The van der Waals surface area contributed by atoms with E-state index in [0.717, 1.165) is 128 Å². The van der Waals surface area contributed by atoms with Crippen molar-refractivity contribution in [3.05, 3.63) is 158 Å². The molecule has 0 fully saturated rings. The number of hydrogen-bond donors (Lipinski definition) is 1. The summed E-state index contributed by atoms with van der Waals surface area (Å²) in [5, 5.41) is 9.76. The number of aliphatic carboxylic acids is 1. The molecule has 0 spiro atoms. The van der Waals surface area contributed by atoms with Crippen molar-refractivity contribution in [3.63, 3.8) is 0 Å². The molecule has 0 aliphatic carbocycles. The minimum Gasteiger partial charge on any atom is -0.477 e. The van der Waals surface area contributed by atoms with Crippen LogP contribution in [0.3, 0.4) is 0 Å². The predicted octanol–water partition coefficient (Wildman–Crippen LogP) is 22.5. The van der Waals surface area contributed by atoms with Crippen LogP contribution in [0.1, 0.15) is 271 Å². The second-order valence-electron chi connectivity index (χ2n) is 24.4. The third-order valence-corrected chi connectivity index (χ3v) is 14.8. The minimum atomic E-state index is -1.52. The first kappa shape index (κ1) is 83.9. The Hall–Kier alpha value is -5.09. The number of carbonyl (C=O) groups is 3. The molecule has 9 nitrogen and oxygen atoms in total. The number of rotatable bonds is 64. The van der Waals surface area contributed by atoms with Crippen LogP contribution in [0, 0.1) is 0 Å². The van der Waals surface area contributed by atoms with E-state index in [1.807, 2.05) is 21.1 Å². The molecule has 0 bridgehead atoms. The number of ether oxygens (including phenoxy) is 4. The van der Waals surface area contributed by atoms with E-state index >= 15 is 0 Å². The maximum atomic E-state index is 13.0. The molecule has 504 valence electrons. The van der Waals surface area contributed by atoms with Crippen LogP contribution in [0.15, 0.2) is 158 Å². The second-order valence-corrected chi connectivity index (χ2v) is 24.4. The van der Waals surface area contributed by atoms with Gasteiger partial charge >= 0.3 is 17.9 Å². The zero-order valence-electron chi connectivity index (χ0n) is 57.5. The van der Waals surface area contributed by atoms with Crippen LogP contribution < -0.4 is 0 Å². The summed E-state index contributed by atoms with van der Waals surface area (Å²) in [6.07, 6.45) is 99.2. The Morgan fingerprint density at radius 1 is 0.337 bits per heavy atom. The first-order valence-electron chi connectivity index (χ1n) is 35.6. The Balaban J connectivity index is 4.16. The van der Waals surface area contributed by atoms with Crippen LogP contribution in [0.2, 0.25) is 0 Å². The molecule has 2 atom stereocenters. The van der Waals surface area contributed by atoms with Crippen molar-refractivity contribution in [3.8, 4) is 0 Å². The van der Waals surface area contributed by atoms with E-state index in [9.17, 15) is 19.5 Å². The van der Waals surface area contributed by atoms with Gasteiger partial charge in [0.1, 0.15) is 13.2 Å². The third-order valence-electron chi connectivity index (χ3n) is 14.8. The van der Waals surface area contributed by atoms with Crippen LogP contribution in [-0.4, -0.2) is 87.4 Å². The summed E-state index contributed by atoms with van der Waals surface area (Å²) in [5.41, 5.74) is 0. The van der Waals surface area contributed by atoms with Gasteiger partial charge in [0.15, 0.2) is 6.10 Å². The van der Waals surface area contributed by atoms with E-state index in [2.05, 4.69) is 172 Å². The molecular weight excluding hydrogens is 1100 g/mol. The van der Waals surface area contributed by atoms with Crippen molar-refractivity contribution in [1.82, 2.24) is 0 Å². The quantitative estimate of drug-likeness (QED) is 0.0211. The molecule has 0 saturated heterocycles. The van der Waals surface area contributed by atoms with Gasteiger partial charge in [0.25, 0.3) is 6.29 Å². The highest BCUT2D eigenvalue weighted by Gasteiger charge is 2.25. The van der Waals surface area contributed by atoms with Crippen molar-refractivity contribution in [2.24, 2.45) is 0 Å². The van der Waals surface area contributed by atoms with Gasteiger partial charge in [-0.3, -0.25) is 9.59 Å². The van der Waals surface area contributed by atoms with Crippen molar-refractivity contribution >= 4 is 17.9 Å². The molecule has 0 amide bonds. The average Bonchev–Trinajstić information content (AvgIpc) is 3.64. The highest BCUT2D eigenvalue weighted by atomic mass is 16.7.